The van der Waals surface area contributed by atoms with Crippen LogP contribution in [0.2, 0.25) is 0 Å². The van der Waals surface area contributed by atoms with Crippen LogP contribution in [0, 0.1) is 0 Å². The number of anilines is 1. The van der Waals surface area contributed by atoms with Crippen LogP contribution in [0.5, 0.6) is 0 Å². The molecule has 0 spiro atoms. The third kappa shape index (κ3) is 4.28. The molecule has 0 radical (unpaired) electrons. The first kappa shape index (κ1) is 17.9. The predicted molar refractivity (Wildman–Crippen MR) is 110 cm³/mol. The van der Waals surface area contributed by atoms with E-state index in [0.717, 1.165) is 69.1 Å². The van der Waals surface area contributed by atoms with Crippen molar-refractivity contribution in [1.82, 2.24) is 19.4 Å². The largest absolute Gasteiger partial charge is 0.353 e. The second-order valence-corrected chi connectivity index (χ2v) is 7.20. The van der Waals surface area contributed by atoms with Crippen LogP contribution in [0.3, 0.4) is 0 Å². The number of pyridine rings is 1. The Morgan fingerprint density at radius 3 is 2.63 bits per heavy atom. The van der Waals surface area contributed by atoms with Gasteiger partial charge in [-0.15, -0.1) is 0 Å². The zero-order valence-corrected chi connectivity index (χ0v) is 15.7. The summed E-state index contributed by atoms with van der Waals surface area (Å²) >= 11 is 0. The van der Waals surface area contributed by atoms with Crippen LogP contribution in [-0.2, 0) is 13.0 Å². The summed E-state index contributed by atoms with van der Waals surface area (Å²) in [6, 6.07) is 14.9. The van der Waals surface area contributed by atoms with Gasteiger partial charge in [-0.1, -0.05) is 18.2 Å². The lowest BCUT2D eigenvalue weighted by Crippen LogP contribution is -2.41. The van der Waals surface area contributed by atoms with E-state index in [2.05, 4.69) is 44.0 Å². The zero-order valence-electron chi connectivity index (χ0n) is 15.7. The van der Waals surface area contributed by atoms with Gasteiger partial charge in [0.15, 0.2) is 0 Å². The fourth-order valence-corrected chi connectivity index (χ4v) is 3.85. The molecular weight excluding hydrogens is 336 g/mol. The molecule has 3 aromatic rings. The molecule has 3 heterocycles. The molecule has 6 heteroatoms. The number of benzene rings is 1. The highest BCUT2D eigenvalue weighted by molar-refractivity contribution is 5.78. The molecule has 1 aliphatic heterocycles. The molecule has 0 atom stereocenters. The number of hydrogen-bond donors (Lipinski definition) is 2. The quantitative estimate of drug-likeness (QED) is 0.674. The van der Waals surface area contributed by atoms with E-state index >= 15 is 0 Å². The van der Waals surface area contributed by atoms with Crippen LogP contribution < -0.4 is 11.1 Å². The SMILES string of the molecule is NCCN1CCC(Nc2nc3ccccc3n2CCc2ccccn2)CC1. The zero-order chi connectivity index (χ0) is 18.5. The Morgan fingerprint density at radius 2 is 1.85 bits per heavy atom. The number of likely N-dealkylation sites (tertiary alicyclic amines) is 1. The minimum Gasteiger partial charge on any atom is -0.353 e. The molecular formula is C21H28N6. The van der Waals surface area contributed by atoms with Gasteiger partial charge >= 0.3 is 0 Å². The fraction of sp³-hybridized carbons (Fsp3) is 0.429. The van der Waals surface area contributed by atoms with Crippen LogP contribution in [0.15, 0.2) is 48.7 Å². The van der Waals surface area contributed by atoms with E-state index in [4.69, 9.17) is 10.7 Å². The molecule has 4 rings (SSSR count). The number of fused-ring (bicyclic) bond motifs is 1. The first-order chi connectivity index (χ1) is 13.3. The van der Waals surface area contributed by atoms with Crippen molar-refractivity contribution in [3.63, 3.8) is 0 Å². The summed E-state index contributed by atoms with van der Waals surface area (Å²) in [7, 11) is 0. The van der Waals surface area contributed by atoms with Gasteiger partial charge in [0.25, 0.3) is 0 Å². The Hall–Kier alpha value is -2.44. The predicted octanol–water partition coefficient (Wildman–Crippen LogP) is 2.51. The number of rotatable bonds is 7. The van der Waals surface area contributed by atoms with Gasteiger partial charge < -0.3 is 20.5 Å². The summed E-state index contributed by atoms with van der Waals surface area (Å²) in [6.45, 7) is 4.80. The molecule has 0 bridgehead atoms. The van der Waals surface area contributed by atoms with E-state index in [1.54, 1.807) is 0 Å². The molecule has 1 fully saturated rings. The van der Waals surface area contributed by atoms with Crippen molar-refractivity contribution in [2.75, 3.05) is 31.5 Å². The number of aryl methyl sites for hydroxylation is 2. The van der Waals surface area contributed by atoms with E-state index in [9.17, 15) is 0 Å². The summed E-state index contributed by atoms with van der Waals surface area (Å²) < 4.78 is 2.30. The van der Waals surface area contributed by atoms with Crippen LogP contribution in [0.1, 0.15) is 18.5 Å². The molecule has 27 heavy (non-hydrogen) atoms. The van der Waals surface area contributed by atoms with Gasteiger partial charge in [0.2, 0.25) is 5.95 Å². The normalized spacial score (nSPS) is 16.0. The number of piperidine rings is 1. The van der Waals surface area contributed by atoms with Crippen LogP contribution >= 0.6 is 0 Å². The van der Waals surface area contributed by atoms with Crippen molar-refractivity contribution in [3.8, 4) is 0 Å². The second kappa shape index (κ2) is 8.50. The molecule has 0 saturated carbocycles. The Kier molecular flexibility index (Phi) is 5.65. The Bertz CT molecular complexity index is 851. The molecule has 2 aromatic heterocycles. The highest BCUT2D eigenvalue weighted by Gasteiger charge is 2.21. The lowest BCUT2D eigenvalue weighted by Gasteiger charge is -2.32. The average molecular weight is 364 g/mol. The maximum absolute atomic E-state index is 5.69. The first-order valence-electron chi connectivity index (χ1n) is 9.87. The van der Waals surface area contributed by atoms with Crippen molar-refractivity contribution in [2.24, 2.45) is 5.73 Å². The highest BCUT2D eigenvalue weighted by atomic mass is 15.2. The maximum Gasteiger partial charge on any atom is 0.204 e. The summed E-state index contributed by atoms with van der Waals surface area (Å²) in [4.78, 5) is 11.8. The smallest absolute Gasteiger partial charge is 0.204 e. The van der Waals surface area contributed by atoms with Gasteiger partial charge in [0.1, 0.15) is 0 Å². The van der Waals surface area contributed by atoms with Gasteiger partial charge in [-0.3, -0.25) is 4.98 Å². The minimum absolute atomic E-state index is 0.462. The van der Waals surface area contributed by atoms with E-state index in [1.165, 1.54) is 5.52 Å². The molecule has 1 aliphatic rings. The lowest BCUT2D eigenvalue weighted by molar-refractivity contribution is 0.224. The van der Waals surface area contributed by atoms with Crippen molar-refractivity contribution in [2.45, 2.75) is 31.8 Å². The van der Waals surface area contributed by atoms with Crippen molar-refractivity contribution < 1.29 is 0 Å². The van der Waals surface area contributed by atoms with Crippen LogP contribution in [-0.4, -0.2) is 51.7 Å². The topological polar surface area (TPSA) is 72.0 Å². The average Bonchev–Trinajstić information content (AvgIpc) is 3.06. The number of para-hydroxylation sites is 2. The fourth-order valence-electron chi connectivity index (χ4n) is 3.85. The van der Waals surface area contributed by atoms with Crippen LogP contribution in [0.4, 0.5) is 5.95 Å². The summed E-state index contributed by atoms with van der Waals surface area (Å²) in [5.74, 6) is 0.976. The van der Waals surface area contributed by atoms with Gasteiger partial charge in [0, 0.05) is 57.1 Å². The molecule has 0 unspecified atom stereocenters. The third-order valence-corrected chi connectivity index (χ3v) is 5.34. The van der Waals surface area contributed by atoms with Crippen molar-refractivity contribution >= 4 is 17.0 Å². The molecule has 1 aromatic carbocycles. The molecule has 142 valence electrons. The van der Waals surface area contributed by atoms with E-state index in [0.29, 0.717) is 6.04 Å². The number of aromatic nitrogens is 3. The summed E-state index contributed by atoms with van der Waals surface area (Å²) in [6.07, 6.45) is 5.01. The number of nitrogens with one attached hydrogen (secondary N) is 1. The molecule has 0 aliphatic carbocycles. The third-order valence-electron chi connectivity index (χ3n) is 5.34. The summed E-state index contributed by atoms with van der Waals surface area (Å²) in [5, 5.41) is 3.71. The van der Waals surface area contributed by atoms with Gasteiger partial charge in [-0.25, -0.2) is 4.98 Å². The molecule has 3 N–H and O–H groups in total. The molecule has 1 saturated heterocycles. The standard InChI is InChI=1S/C21H28N6/c22-11-16-26-13-8-18(9-14-26)24-21-25-19-6-1-2-7-20(19)27(21)15-10-17-5-3-4-12-23-17/h1-7,12,18H,8-11,13-16,22H2,(H,24,25). The molecule has 0 amide bonds. The maximum atomic E-state index is 5.69. The second-order valence-electron chi connectivity index (χ2n) is 7.20. The lowest BCUT2D eigenvalue weighted by atomic mass is 10.1. The number of hydrogen-bond acceptors (Lipinski definition) is 5. The number of nitrogens with zero attached hydrogens (tertiary/aromatic N) is 4. The van der Waals surface area contributed by atoms with E-state index < -0.39 is 0 Å². The number of imidazole rings is 1. The Labute approximate surface area is 160 Å². The minimum atomic E-state index is 0.462. The van der Waals surface area contributed by atoms with Gasteiger partial charge in [0.05, 0.1) is 11.0 Å². The Morgan fingerprint density at radius 1 is 1.04 bits per heavy atom. The first-order valence-corrected chi connectivity index (χ1v) is 9.87. The highest BCUT2D eigenvalue weighted by Crippen LogP contribution is 2.23. The van der Waals surface area contributed by atoms with Gasteiger partial charge in [-0.2, -0.15) is 0 Å². The Balaban J connectivity index is 1.50. The molecule has 6 nitrogen and oxygen atoms in total. The van der Waals surface area contributed by atoms with Crippen LogP contribution in [0.25, 0.3) is 11.0 Å². The van der Waals surface area contributed by atoms with E-state index in [-0.39, 0.29) is 0 Å². The van der Waals surface area contributed by atoms with Crippen molar-refractivity contribution in [1.29, 1.82) is 0 Å². The van der Waals surface area contributed by atoms with E-state index in [1.807, 2.05) is 24.4 Å². The summed E-state index contributed by atoms with van der Waals surface area (Å²) in [5.41, 5.74) is 9.01. The van der Waals surface area contributed by atoms with Gasteiger partial charge in [-0.05, 0) is 37.1 Å². The monoisotopic (exact) mass is 364 g/mol. The van der Waals surface area contributed by atoms with Crippen molar-refractivity contribution in [3.05, 3.63) is 54.4 Å². The number of nitrogens with two attached hydrogens (primary N) is 1.